The fourth-order valence-corrected chi connectivity index (χ4v) is 2.42. The summed E-state index contributed by atoms with van der Waals surface area (Å²) >= 11 is 0. The SMILES string of the molecule is Oc1cccc2c3c(ncc12)CCCC3. The van der Waals surface area contributed by atoms with Crippen molar-refractivity contribution in [3.63, 3.8) is 0 Å². The van der Waals surface area contributed by atoms with Gasteiger partial charge in [0.2, 0.25) is 0 Å². The molecule has 0 fully saturated rings. The molecule has 0 amide bonds. The minimum absolute atomic E-state index is 0.341. The summed E-state index contributed by atoms with van der Waals surface area (Å²) in [6.45, 7) is 0. The second-order valence-electron chi connectivity index (χ2n) is 4.13. The number of phenolic OH excluding ortho intramolecular Hbond substituents is 1. The van der Waals surface area contributed by atoms with Gasteiger partial charge in [0.1, 0.15) is 5.75 Å². The third-order valence-electron chi connectivity index (χ3n) is 3.20. The van der Waals surface area contributed by atoms with E-state index in [9.17, 15) is 5.11 Å². The number of aromatic hydroxyl groups is 1. The van der Waals surface area contributed by atoms with Crippen molar-refractivity contribution in [1.82, 2.24) is 4.98 Å². The maximum absolute atomic E-state index is 9.73. The second kappa shape index (κ2) is 3.23. The Kier molecular flexibility index (Phi) is 1.88. The van der Waals surface area contributed by atoms with Crippen LogP contribution in [0.5, 0.6) is 5.75 Å². The molecule has 0 atom stereocenters. The van der Waals surface area contributed by atoms with Crippen LogP contribution in [0.1, 0.15) is 24.1 Å². The van der Waals surface area contributed by atoms with Gasteiger partial charge in [0.15, 0.2) is 0 Å². The Hall–Kier alpha value is -1.57. The molecule has 2 heteroatoms. The Labute approximate surface area is 88.6 Å². The molecule has 15 heavy (non-hydrogen) atoms. The molecule has 0 saturated heterocycles. The third-order valence-corrected chi connectivity index (χ3v) is 3.20. The van der Waals surface area contributed by atoms with Crippen LogP contribution in [0.3, 0.4) is 0 Å². The predicted octanol–water partition coefficient (Wildman–Crippen LogP) is 2.82. The first kappa shape index (κ1) is 8.72. The highest BCUT2D eigenvalue weighted by molar-refractivity contribution is 5.90. The smallest absolute Gasteiger partial charge is 0.124 e. The molecule has 1 heterocycles. The molecule has 1 aliphatic carbocycles. The van der Waals surface area contributed by atoms with Crippen LogP contribution in [0.25, 0.3) is 10.8 Å². The lowest BCUT2D eigenvalue weighted by molar-refractivity contribution is 0.481. The first-order valence-corrected chi connectivity index (χ1v) is 5.45. The van der Waals surface area contributed by atoms with E-state index in [1.165, 1.54) is 29.5 Å². The van der Waals surface area contributed by atoms with E-state index in [1.54, 1.807) is 12.3 Å². The van der Waals surface area contributed by atoms with Crippen molar-refractivity contribution in [3.05, 3.63) is 35.7 Å². The number of hydrogen-bond donors (Lipinski definition) is 1. The van der Waals surface area contributed by atoms with Gasteiger partial charge < -0.3 is 5.11 Å². The monoisotopic (exact) mass is 199 g/mol. The van der Waals surface area contributed by atoms with Gasteiger partial charge in [-0.2, -0.15) is 0 Å². The largest absolute Gasteiger partial charge is 0.507 e. The molecule has 0 aliphatic heterocycles. The zero-order valence-electron chi connectivity index (χ0n) is 8.53. The van der Waals surface area contributed by atoms with Crippen molar-refractivity contribution < 1.29 is 5.11 Å². The Morgan fingerprint density at radius 1 is 1.07 bits per heavy atom. The van der Waals surface area contributed by atoms with E-state index in [1.807, 2.05) is 6.07 Å². The lowest BCUT2D eigenvalue weighted by Crippen LogP contribution is -2.05. The van der Waals surface area contributed by atoms with E-state index in [4.69, 9.17) is 0 Å². The van der Waals surface area contributed by atoms with Gasteiger partial charge in [-0.25, -0.2) is 0 Å². The third kappa shape index (κ3) is 1.29. The summed E-state index contributed by atoms with van der Waals surface area (Å²) in [6.07, 6.45) is 6.46. The summed E-state index contributed by atoms with van der Waals surface area (Å²) in [5.41, 5.74) is 2.56. The quantitative estimate of drug-likeness (QED) is 0.707. The maximum Gasteiger partial charge on any atom is 0.124 e. The summed E-state index contributed by atoms with van der Waals surface area (Å²) in [6, 6.07) is 5.71. The minimum atomic E-state index is 0.341. The highest BCUT2D eigenvalue weighted by atomic mass is 16.3. The van der Waals surface area contributed by atoms with E-state index in [0.717, 1.165) is 18.2 Å². The van der Waals surface area contributed by atoms with Crippen molar-refractivity contribution in [2.24, 2.45) is 0 Å². The molecule has 0 unspecified atom stereocenters. The lowest BCUT2D eigenvalue weighted by atomic mass is 9.92. The number of phenols is 1. The first-order valence-electron chi connectivity index (χ1n) is 5.45. The van der Waals surface area contributed by atoms with E-state index >= 15 is 0 Å². The van der Waals surface area contributed by atoms with E-state index in [2.05, 4.69) is 11.1 Å². The first-order chi connectivity index (χ1) is 7.36. The molecule has 2 nitrogen and oxygen atoms in total. The number of nitrogens with zero attached hydrogens (tertiary/aromatic N) is 1. The Morgan fingerprint density at radius 2 is 1.93 bits per heavy atom. The zero-order chi connectivity index (χ0) is 10.3. The predicted molar refractivity (Wildman–Crippen MR) is 60.0 cm³/mol. The Bertz CT molecular complexity index is 519. The topological polar surface area (TPSA) is 33.1 Å². The van der Waals surface area contributed by atoms with Crippen LogP contribution in [0.4, 0.5) is 0 Å². The Balaban J connectivity index is 2.36. The van der Waals surface area contributed by atoms with Gasteiger partial charge in [-0.05, 0) is 42.7 Å². The van der Waals surface area contributed by atoms with Crippen LogP contribution in [-0.4, -0.2) is 10.1 Å². The van der Waals surface area contributed by atoms with E-state index in [-0.39, 0.29) is 0 Å². The van der Waals surface area contributed by atoms with E-state index in [0.29, 0.717) is 5.75 Å². The average molecular weight is 199 g/mol. The fraction of sp³-hybridized carbons (Fsp3) is 0.308. The van der Waals surface area contributed by atoms with Crippen LogP contribution in [-0.2, 0) is 12.8 Å². The molecule has 76 valence electrons. The average Bonchev–Trinajstić information content (AvgIpc) is 2.29. The van der Waals surface area contributed by atoms with Gasteiger partial charge in [-0.15, -0.1) is 0 Å². The van der Waals surface area contributed by atoms with Crippen LogP contribution in [0.15, 0.2) is 24.4 Å². The summed E-state index contributed by atoms with van der Waals surface area (Å²) in [4.78, 5) is 4.45. The minimum Gasteiger partial charge on any atom is -0.507 e. The normalized spacial score (nSPS) is 15.2. The lowest BCUT2D eigenvalue weighted by Gasteiger charge is -2.16. The molecule has 1 aromatic heterocycles. The molecular formula is C13H13NO. The molecule has 1 N–H and O–H groups in total. The second-order valence-corrected chi connectivity index (χ2v) is 4.13. The van der Waals surface area contributed by atoms with Crippen molar-refractivity contribution >= 4 is 10.8 Å². The molecule has 2 aromatic rings. The van der Waals surface area contributed by atoms with Crippen molar-refractivity contribution in [3.8, 4) is 5.75 Å². The van der Waals surface area contributed by atoms with Crippen LogP contribution >= 0.6 is 0 Å². The summed E-state index contributed by atoms with van der Waals surface area (Å²) in [5, 5.41) is 11.8. The molecule has 3 rings (SSSR count). The van der Waals surface area contributed by atoms with Crippen LogP contribution < -0.4 is 0 Å². The fourth-order valence-electron chi connectivity index (χ4n) is 2.42. The molecule has 0 radical (unpaired) electrons. The van der Waals surface area contributed by atoms with Crippen molar-refractivity contribution in [2.75, 3.05) is 0 Å². The number of aryl methyl sites for hydroxylation is 2. The van der Waals surface area contributed by atoms with Gasteiger partial charge >= 0.3 is 0 Å². The van der Waals surface area contributed by atoms with Crippen LogP contribution in [0.2, 0.25) is 0 Å². The number of fused-ring (bicyclic) bond motifs is 3. The number of benzene rings is 1. The van der Waals surface area contributed by atoms with Gasteiger partial charge in [0, 0.05) is 17.3 Å². The molecule has 1 aromatic carbocycles. The van der Waals surface area contributed by atoms with E-state index < -0.39 is 0 Å². The van der Waals surface area contributed by atoms with Gasteiger partial charge in [-0.3, -0.25) is 4.98 Å². The highest BCUT2D eigenvalue weighted by Gasteiger charge is 2.14. The highest BCUT2D eigenvalue weighted by Crippen LogP contribution is 2.31. The molecule has 0 saturated carbocycles. The van der Waals surface area contributed by atoms with Crippen LogP contribution in [0, 0.1) is 0 Å². The van der Waals surface area contributed by atoms with Crippen molar-refractivity contribution in [1.29, 1.82) is 0 Å². The zero-order valence-corrected chi connectivity index (χ0v) is 8.53. The number of aromatic nitrogens is 1. The summed E-state index contributed by atoms with van der Waals surface area (Å²) in [5.74, 6) is 0.341. The summed E-state index contributed by atoms with van der Waals surface area (Å²) < 4.78 is 0. The molecule has 0 spiro atoms. The summed E-state index contributed by atoms with van der Waals surface area (Å²) in [7, 11) is 0. The number of rotatable bonds is 0. The number of pyridine rings is 1. The maximum atomic E-state index is 9.73. The van der Waals surface area contributed by atoms with Gasteiger partial charge in [-0.1, -0.05) is 12.1 Å². The molecule has 1 aliphatic rings. The standard InChI is InChI=1S/C13H13NO/c15-13-7-3-5-9-10-4-1-2-6-12(10)14-8-11(9)13/h3,5,7-8,15H,1-2,4,6H2. The molecule has 0 bridgehead atoms. The molecular weight excluding hydrogens is 186 g/mol. The van der Waals surface area contributed by atoms with Gasteiger partial charge in [0.25, 0.3) is 0 Å². The van der Waals surface area contributed by atoms with Crippen molar-refractivity contribution in [2.45, 2.75) is 25.7 Å². The Morgan fingerprint density at radius 3 is 2.87 bits per heavy atom. The number of hydrogen-bond acceptors (Lipinski definition) is 2. The van der Waals surface area contributed by atoms with Gasteiger partial charge in [0.05, 0.1) is 0 Å².